The first-order valence-electron chi connectivity index (χ1n) is 19.1. The number of carbonyl (C=O) groups is 3. The highest BCUT2D eigenvalue weighted by Gasteiger charge is 2.54. The largest absolute Gasteiger partial charge is 0.469 e. The first-order chi connectivity index (χ1) is 29.3. The second-order valence-corrected chi connectivity index (χ2v) is 16.3. The molecule has 60 heavy (non-hydrogen) atoms. The Morgan fingerprint density at radius 2 is 1.32 bits per heavy atom. The van der Waals surface area contributed by atoms with Crippen LogP contribution >= 0.6 is 35.3 Å². The van der Waals surface area contributed by atoms with Crippen molar-refractivity contribution < 1.29 is 24.0 Å². The van der Waals surface area contributed by atoms with Crippen molar-refractivity contribution in [3.63, 3.8) is 0 Å². The molecule has 1 fully saturated rings. The van der Waals surface area contributed by atoms with E-state index in [0.717, 1.165) is 27.8 Å². The number of carbonyl (C=O) groups excluding carboxylic acids is 3. The maximum Gasteiger partial charge on any atom is 0.276 e. The summed E-state index contributed by atoms with van der Waals surface area (Å²) in [7, 11) is 1.34. The quantitative estimate of drug-likeness (QED) is 0.0367. The van der Waals surface area contributed by atoms with Gasteiger partial charge in [0.05, 0.1) is 0 Å². The van der Waals surface area contributed by atoms with E-state index in [9.17, 15) is 14.4 Å². The van der Waals surface area contributed by atoms with Crippen molar-refractivity contribution in [3.05, 3.63) is 202 Å². The topological polar surface area (TPSA) is 122 Å². The zero-order valence-corrected chi connectivity index (χ0v) is 35.0. The van der Waals surface area contributed by atoms with Crippen molar-refractivity contribution in [1.82, 2.24) is 15.2 Å². The van der Waals surface area contributed by atoms with Crippen molar-refractivity contribution in [2.75, 3.05) is 18.2 Å². The standard InChI is InChI=1S/C47H39N5O5S3/c1-30(53)36-28-59-44-39(43(55)52(44)40(36)45(58)57-41(31-18-8-3-9-19-31)32-20-10-4-11-21-32)49-42(54)38(51-56-2)37-29-60-46(48-37)50-47(33-22-12-5-13-23-33,34-24-14-6-15-25-34)35-26-16-7-17-27-35/h3-27,29,39,41,44H,28H2,1-2H3,(H,48,50)(H,49,54)/b51-38+/t39?,44-/m1/s1. The molecule has 1 saturated heterocycles. The van der Waals surface area contributed by atoms with Crippen LogP contribution in [0.4, 0.5) is 5.13 Å². The van der Waals surface area contributed by atoms with Crippen molar-refractivity contribution in [1.29, 1.82) is 0 Å². The first-order valence-corrected chi connectivity index (χ1v) is 21.5. The lowest BCUT2D eigenvalue weighted by Gasteiger charge is -2.50. The van der Waals surface area contributed by atoms with Crippen LogP contribution in [0.15, 0.2) is 173 Å². The maximum absolute atomic E-state index is 14.1. The molecular weight excluding hydrogens is 811 g/mol. The summed E-state index contributed by atoms with van der Waals surface area (Å²) >= 11 is 8.57. The van der Waals surface area contributed by atoms with Gasteiger partial charge in [0.1, 0.15) is 41.6 Å². The van der Waals surface area contributed by atoms with Crippen LogP contribution in [0.25, 0.3) is 0 Å². The Morgan fingerprint density at radius 1 is 0.817 bits per heavy atom. The molecule has 2 N–H and O–H groups in total. The molecule has 10 nitrogen and oxygen atoms in total. The number of Topliss-reactive ketones (excluding diaryl/α,β-unsaturated/α-hetero) is 1. The molecule has 5 aromatic carbocycles. The first kappa shape index (κ1) is 40.4. The maximum atomic E-state index is 14.1. The number of rotatable bonds is 14. The second kappa shape index (κ2) is 17.8. The number of amides is 2. The van der Waals surface area contributed by atoms with Crippen LogP contribution in [0.5, 0.6) is 0 Å². The normalized spacial score (nSPS) is 16.4. The number of ketones is 1. The number of benzene rings is 5. The molecule has 1 aromatic heterocycles. The molecule has 0 bridgehead atoms. The number of β-lactam (4-membered cyclic amide) rings is 1. The number of hydrogen-bond donors (Lipinski definition) is 2. The summed E-state index contributed by atoms with van der Waals surface area (Å²) in [5.41, 5.74) is 4.60. The van der Waals surface area contributed by atoms with Gasteiger partial charge in [-0.15, -0.1) is 23.1 Å². The second-order valence-electron chi connectivity index (χ2n) is 14.0. The van der Waals surface area contributed by atoms with Gasteiger partial charge >= 0.3 is 0 Å². The van der Waals surface area contributed by atoms with Gasteiger partial charge in [-0.05, 0) is 47.0 Å². The Bertz CT molecular complexity index is 2430. The average Bonchev–Trinajstić information content (AvgIpc) is 3.76. The lowest BCUT2D eigenvalue weighted by Crippen LogP contribution is -2.71. The molecule has 13 heteroatoms. The molecule has 1 unspecified atom stereocenters. The third-order valence-corrected chi connectivity index (χ3v) is 12.7. The van der Waals surface area contributed by atoms with Crippen LogP contribution in [-0.4, -0.2) is 62.5 Å². The van der Waals surface area contributed by atoms with Gasteiger partial charge in [-0.3, -0.25) is 19.3 Å². The summed E-state index contributed by atoms with van der Waals surface area (Å²) in [6.45, 7) is 1.45. The molecule has 2 atom stereocenters. The molecule has 2 amide bonds. The van der Waals surface area contributed by atoms with Gasteiger partial charge in [-0.1, -0.05) is 157 Å². The zero-order valence-electron chi connectivity index (χ0n) is 32.6. The van der Waals surface area contributed by atoms with Crippen molar-refractivity contribution >= 4 is 68.8 Å². The number of nitrogens with one attached hydrogen (secondary N) is 2. The number of thiocarbonyl (C=S) groups is 1. The van der Waals surface area contributed by atoms with Crippen molar-refractivity contribution in [3.8, 4) is 0 Å². The minimum Gasteiger partial charge on any atom is -0.469 e. The summed E-state index contributed by atoms with van der Waals surface area (Å²) in [5.74, 6) is -1.05. The van der Waals surface area contributed by atoms with Gasteiger partial charge in [0, 0.05) is 16.7 Å². The number of thioether (sulfide) groups is 1. The van der Waals surface area contributed by atoms with Crippen LogP contribution in [-0.2, 0) is 29.5 Å². The predicted molar refractivity (Wildman–Crippen MR) is 240 cm³/mol. The van der Waals surface area contributed by atoms with E-state index in [4.69, 9.17) is 26.8 Å². The summed E-state index contributed by atoms with van der Waals surface area (Å²) in [6, 6.07) is 48.6. The molecule has 0 radical (unpaired) electrons. The molecule has 0 spiro atoms. The monoisotopic (exact) mass is 849 g/mol. The molecule has 0 aliphatic carbocycles. The van der Waals surface area contributed by atoms with E-state index in [1.54, 1.807) is 5.38 Å². The lowest BCUT2D eigenvalue weighted by atomic mass is 9.77. The highest BCUT2D eigenvalue weighted by atomic mass is 32.2. The number of fused-ring (bicyclic) bond motifs is 1. The fraction of sp³-hybridized carbons (Fsp3) is 0.149. The van der Waals surface area contributed by atoms with Crippen LogP contribution in [0, 0.1) is 0 Å². The zero-order chi connectivity index (χ0) is 41.6. The predicted octanol–water partition coefficient (Wildman–Crippen LogP) is 8.27. The molecule has 3 heterocycles. The summed E-state index contributed by atoms with van der Waals surface area (Å²) in [6.07, 6.45) is -0.593. The van der Waals surface area contributed by atoms with Crippen LogP contribution in [0.3, 0.4) is 0 Å². The van der Waals surface area contributed by atoms with Crippen molar-refractivity contribution in [2.45, 2.75) is 30.0 Å². The Hall–Kier alpha value is -6.41. The molecule has 8 rings (SSSR count). The van der Waals surface area contributed by atoms with Gasteiger partial charge in [0.2, 0.25) is 5.05 Å². The van der Waals surface area contributed by atoms with Crippen LogP contribution < -0.4 is 10.6 Å². The molecule has 2 aliphatic rings. The van der Waals surface area contributed by atoms with E-state index < -0.39 is 34.9 Å². The molecule has 0 saturated carbocycles. The molecular formula is C47H39N5O5S3. The van der Waals surface area contributed by atoms with E-state index in [1.165, 1.54) is 42.0 Å². The van der Waals surface area contributed by atoms with Gasteiger partial charge < -0.3 is 20.2 Å². The van der Waals surface area contributed by atoms with Gasteiger partial charge in [0.15, 0.2) is 16.6 Å². The summed E-state index contributed by atoms with van der Waals surface area (Å²) in [4.78, 5) is 52.6. The molecule has 2 aliphatic heterocycles. The SMILES string of the molecule is CO/N=C(/C(=O)NC1C(=O)N2C(C(=S)OC(c3ccccc3)c3ccccc3)=C(C(C)=O)CS[C@H]12)c1csc(NC(c2ccccc2)(c2ccccc2)c2ccccc2)n1. The number of aromatic nitrogens is 1. The lowest BCUT2D eigenvalue weighted by molar-refractivity contribution is -0.144. The third kappa shape index (κ3) is 7.86. The number of thiazole rings is 1. The summed E-state index contributed by atoms with van der Waals surface area (Å²) < 4.78 is 6.49. The average molecular weight is 850 g/mol. The Morgan fingerprint density at radius 3 is 1.80 bits per heavy atom. The van der Waals surface area contributed by atoms with Gasteiger partial charge in [-0.2, -0.15) is 0 Å². The van der Waals surface area contributed by atoms with Crippen LogP contribution in [0.2, 0.25) is 0 Å². The van der Waals surface area contributed by atoms with E-state index in [0.29, 0.717) is 10.7 Å². The molecule has 300 valence electrons. The minimum atomic E-state index is -0.951. The minimum absolute atomic E-state index is 0.0167. The highest BCUT2D eigenvalue weighted by molar-refractivity contribution is 8.00. The van der Waals surface area contributed by atoms with Crippen molar-refractivity contribution in [2.24, 2.45) is 5.16 Å². The highest BCUT2D eigenvalue weighted by Crippen LogP contribution is 2.43. The Kier molecular flexibility index (Phi) is 12.0. The van der Waals surface area contributed by atoms with E-state index in [2.05, 4.69) is 52.2 Å². The number of nitrogens with zero attached hydrogens (tertiary/aromatic N) is 3. The van der Waals surface area contributed by atoms with Gasteiger partial charge in [0.25, 0.3) is 11.8 Å². The fourth-order valence-electron chi connectivity index (χ4n) is 7.51. The summed E-state index contributed by atoms with van der Waals surface area (Å²) in [5, 5.41) is 12.4. The van der Waals surface area contributed by atoms with Gasteiger partial charge in [-0.25, -0.2) is 4.98 Å². The fourth-order valence-corrected chi connectivity index (χ4v) is 9.99. The van der Waals surface area contributed by atoms with E-state index in [-0.39, 0.29) is 33.7 Å². The number of anilines is 1. The molecule has 6 aromatic rings. The third-order valence-electron chi connectivity index (χ3n) is 10.4. The Labute approximate surface area is 361 Å². The Balaban J connectivity index is 1.05. The number of oxime groups is 1. The van der Waals surface area contributed by atoms with Crippen LogP contribution in [0.1, 0.15) is 46.5 Å². The number of ether oxygens (including phenoxy) is 1. The smallest absolute Gasteiger partial charge is 0.276 e. The van der Waals surface area contributed by atoms with E-state index in [1.807, 2.05) is 115 Å². The number of hydrogen-bond acceptors (Lipinski definition) is 11. The van der Waals surface area contributed by atoms with E-state index >= 15 is 0 Å².